The van der Waals surface area contributed by atoms with E-state index in [1.54, 1.807) is 0 Å². The van der Waals surface area contributed by atoms with Gasteiger partial charge in [-0.1, -0.05) is 20.8 Å². The summed E-state index contributed by atoms with van der Waals surface area (Å²) < 4.78 is 11.7. The summed E-state index contributed by atoms with van der Waals surface area (Å²) >= 11 is 4.57. The Hall–Kier alpha value is 0.190. The molecular weight excluding hydrogens is 320 g/mol. The fourth-order valence-corrected chi connectivity index (χ4v) is 4.04. The SMILES string of the molecule is CC(CS)[C@H](CC1CN(C(C)(C)C(C)C)CCO1)N1CCOCC1. The van der Waals surface area contributed by atoms with Crippen LogP contribution >= 0.6 is 12.6 Å². The smallest absolute Gasteiger partial charge is 0.0717 e. The van der Waals surface area contributed by atoms with Gasteiger partial charge in [-0.2, -0.15) is 12.6 Å². The first kappa shape index (κ1) is 20.5. The van der Waals surface area contributed by atoms with Crippen LogP contribution < -0.4 is 0 Å². The fraction of sp³-hybridized carbons (Fsp3) is 1.00. The first-order valence-corrected chi connectivity index (χ1v) is 10.3. The number of morpholine rings is 2. The molecule has 2 fully saturated rings. The quantitative estimate of drug-likeness (QED) is 0.708. The summed E-state index contributed by atoms with van der Waals surface area (Å²) in [7, 11) is 0. The molecule has 2 aliphatic heterocycles. The van der Waals surface area contributed by atoms with Gasteiger partial charge in [0.1, 0.15) is 0 Å². The Morgan fingerprint density at radius 1 is 1.08 bits per heavy atom. The van der Waals surface area contributed by atoms with Crippen LogP contribution in [0.2, 0.25) is 0 Å². The maximum atomic E-state index is 6.17. The predicted molar refractivity (Wildman–Crippen MR) is 104 cm³/mol. The number of thiol groups is 1. The van der Waals surface area contributed by atoms with Gasteiger partial charge in [-0.25, -0.2) is 0 Å². The van der Waals surface area contributed by atoms with Gasteiger partial charge < -0.3 is 9.47 Å². The van der Waals surface area contributed by atoms with E-state index in [2.05, 4.69) is 57.0 Å². The van der Waals surface area contributed by atoms with E-state index in [9.17, 15) is 0 Å². The van der Waals surface area contributed by atoms with Crippen molar-refractivity contribution < 1.29 is 9.47 Å². The van der Waals surface area contributed by atoms with Crippen molar-refractivity contribution in [3.05, 3.63) is 0 Å². The molecule has 0 aromatic rings. The van der Waals surface area contributed by atoms with E-state index < -0.39 is 0 Å². The molecule has 0 amide bonds. The molecule has 2 heterocycles. The van der Waals surface area contributed by atoms with Crippen molar-refractivity contribution in [1.29, 1.82) is 0 Å². The van der Waals surface area contributed by atoms with E-state index >= 15 is 0 Å². The van der Waals surface area contributed by atoms with Crippen LogP contribution in [-0.4, -0.2) is 79.2 Å². The van der Waals surface area contributed by atoms with Crippen LogP contribution in [-0.2, 0) is 9.47 Å². The van der Waals surface area contributed by atoms with Crippen LogP contribution in [0.4, 0.5) is 0 Å². The fourth-order valence-electron chi connectivity index (χ4n) is 3.79. The Morgan fingerprint density at radius 2 is 1.75 bits per heavy atom. The Bertz CT molecular complexity index is 372. The Labute approximate surface area is 154 Å². The van der Waals surface area contributed by atoms with Crippen molar-refractivity contribution in [2.24, 2.45) is 11.8 Å². The van der Waals surface area contributed by atoms with Crippen LogP contribution in [0.15, 0.2) is 0 Å². The molecule has 2 unspecified atom stereocenters. The van der Waals surface area contributed by atoms with Gasteiger partial charge in [-0.15, -0.1) is 0 Å². The number of nitrogens with zero attached hydrogens (tertiary/aromatic N) is 2. The molecule has 0 radical (unpaired) electrons. The molecule has 0 saturated carbocycles. The highest BCUT2D eigenvalue weighted by Gasteiger charge is 2.36. The third kappa shape index (κ3) is 5.10. The first-order valence-electron chi connectivity index (χ1n) is 9.65. The summed E-state index contributed by atoms with van der Waals surface area (Å²) in [6.07, 6.45) is 1.43. The largest absolute Gasteiger partial charge is 0.379 e. The van der Waals surface area contributed by atoms with Crippen molar-refractivity contribution >= 4 is 12.6 Å². The number of rotatable bonds is 7. The molecule has 0 bridgehead atoms. The topological polar surface area (TPSA) is 24.9 Å². The van der Waals surface area contributed by atoms with Gasteiger partial charge in [0, 0.05) is 37.8 Å². The predicted octanol–water partition coefficient (Wildman–Crippen LogP) is 2.78. The number of hydrogen-bond donors (Lipinski definition) is 1. The third-order valence-corrected chi connectivity index (χ3v) is 6.91. The number of hydrogen-bond acceptors (Lipinski definition) is 5. The highest BCUT2D eigenvalue weighted by molar-refractivity contribution is 7.80. The van der Waals surface area contributed by atoms with E-state index in [1.807, 2.05) is 0 Å². The molecule has 0 aliphatic carbocycles. The van der Waals surface area contributed by atoms with Gasteiger partial charge in [-0.05, 0) is 37.9 Å². The van der Waals surface area contributed by atoms with Gasteiger partial charge in [0.05, 0.1) is 25.9 Å². The molecule has 0 aromatic carbocycles. The zero-order valence-corrected chi connectivity index (χ0v) is 17.2. The molecule has 4 nitrogen and oxygen atoms in total. The molecule has 142 valence electrons. The molecular formula is C19H38N2O2S. The second kappa shape index (κ2) is 9.22. The molecule has 0 spiro atoms. The van der Waals surface area contributed by atoms with Crippen molar-refractivity contribution in [2.75, 3.05) is 51.8 Å². The first-order chi connectivity index (χ1) is 11.4. The minimum atomic E-state index is 0.228. The van der Waals surface area contributed by atoms with E-state index in [1.165, 1.54) is 0 Å². The maximum absolute atomic E-state index is 6.17. The summed E-state index contributed by atoms with van der Waals surface area (Å²) in [6, 6.07) is 0.540. The van der Waals surface area contributed by atoms with Crippen LogP contribution in [0.5, 0.6) is 0 Å². The molecule has 0 N–H and O–H groups in total. The van der Waals surface area contributed by atoms with Crippen LogP contribution in [0.25, 0.3) is 0 Å². The van der Waals surface area contributed by atoms with E-state index in [0.29, 0.717) is 24.0 Å². The zero-order chi connectivity index (χ0) is 17.7. The lowest BCUT2D eigenvalue weighted by atomic mass is 9.87. The summed E-state index contributed by atoms with van der Waals surface area (Å²) in [6.45, 7) is 18.4. The minimum Gasteiger partial charge on any atom is -0.379 e. The lowest BCUT2D eigenvalue weighted by Gasteiger charge is -2.47. The third-order valence-electron chi connectivity index (χ3n) is 6.33. The van der Waals surface area contributed by atoms with Crippen molar-refractivity contribution in [1.82, 2.24) is 9.80 Å². The summed E-state index contributed by atoms with van der Waals surface area (Å²) in [5.41, 5.74) is 0.228. The molecule has 0 aromatic heterocycles. The number of ether oxygens (including phenoxy) is 2. The summed E-state index contributed by atoms with van der Waals surface area (Å²) in [5, 5.41) is 0. The summed E-state index contributed by atoms with van der Waals surface area (Å²) in [5.74, 6) is 2.14. The lowest BCUT2D eigenvalue weighted by molar-refractivity contribution is -0.0893. The minimum absolute atomic E-state index is 0.228. The van der Waals surface area contributed by atoms with Crippen molar-refractivity contribution in [3.63, 3.8) is 0 Å². The molecule has 24 heavy (non-hydrogen) atoms. The summed E-state index contributed by atoms with van der Waals surface area (Å²) in [4.78, 5) is 5.23. The van der Waals surface area contributed by atoms with Gasteiger partial charge in [0.15, 0.2) is 0 Å². The molecule has 2 saturated heterocycles. The molecule has 2 aliphatic rings. The van der Waals surface area contributed by atoms with E-state index in [-0.39, 0.29) is 5.54 Å². The van der Waals surface area contributed by atoms with Gasteiger partial charge >= 0.3 is 0 Å². The molecule has 2 rings (SSSR count). The Morgan fingerprint density at radius 3 is 2.33 bits per heavy atom. The highest BCUT2D eigenvalue weighted by atomic mass is 32.1. The molecule has 5 heteroatoms. The molecule has 3 atom stereocenters. The Kier molecular flexibility index (Phi) is 7.88. The van der Waals surface area contributed by atoms with Crippen molar-refractivity contribution in [2.45, 2.75) is 58.7 Å². The van der Waals surface area contributed by atoms with Crippen LogP contribution in [0.1, 0.15) is 41.0 Å². The van der Waals surface area contributed by atoms with E-state index in [4.69, 9.17) is 9.47 Å². The average Bonchev–Trinajstić information content (AvgIpc) is 2.60. The van der Waals surface area contributed by atoms with Crippen molar-refractivity contribution in [3.8, 4) is 0 Å². The van der Waals surface area contributed by atoms with Gasteiger partial charge in [-0.3, -0.25) is 9.80 Å². The Balaban J connectivity index is 2.00. The lowest BCUT2D eigenvalue weighted by Crippen LogP contribution is -2.57. The average molecular weight is 359 g/mol. The normalized spacial score (nSPS) is 27.4. The zero-order valence-electron chi connectivity index (χ0n) is 16.3. The van der Waals surface area contributed by atoms with Gasteiger partial charge in [0.25, 0.3) is 0 Å². The second-order valence-corrected chi connectivity index (χ2v) is 8.72. The maximum Gasteiger partial charge on any atom is 0.0717 e. The second-order valence-electron chi connectivity index (χ2n) is 8.36. The van der Waals surface area contributed by atoms with Gasteiger partial charge in [0.2, 0.25) is 0 Å². The van der Waals surface area contributed by atoms with Crippen LogP contribution in [0, 0.1) is 11.8 Å². The standard InChI is InChI=1S/C19H38N2O2S/c1-15(2)19(4,5)21-8-11-23-17(13-21)12-18(16(3)14-24)20-6-9-22-10-7-20/h15-18,24H,6-14H2,1-5H3/t16?,17?,18-/m0/s1. The monoisotopic (exact) mass is 358 g/mol. The van der Waals surface area contributed by atoms with Crippen LogP contribution in [0.3, 0.4) is 0 Å². The van der Waals surface area contributed by atoms with E-state index in [0.717, 1.165) is 58.2 Å². The highest BCUT2D eigenvalue weighted by Crippen LogP contribution is 2.28.